The lowest BCUT2D eigenvalue weighted by atomic mass is 9.83. The molecule has 0 saturated heterocycles. The molecule has 1 aliphatic heterocycles. The molecule has 6 nitrogen and oxygen atoms in total. The number of nitrogens with zero attached hydrogens (tertiary/aromatic N) is 1. The molecule has 6 heteroatoms. The van der Waals surface area contributed by atoms with Crippen molar-refractivity contribution in [2.75, 3.05) is 13.2 Å². The number of benzene rings is 2. The number of ether oxygens (including phenoxy) is 2. The molecule has 1 atom stereocenters. The SMILES string of the molecule is CCOC(=O)CN1C(=O)CC(c2ccc(C(C)C)cc2)C(C(=O)OCc2ccccc2)=C1C. The lowest BCUT2D eigenvalue weighted by Crippen LogP contribution is -2.41. The van der Waals surface area contributed by atoms with Crippen molar-refractivity contribution in [1.29, 1.82) is 0 Å². The van der Waals surface area contributed by atoms with Crippen molar-refractivity contribution < 1.29 is 23.9 Å². The Kier molecular flexibility index (Phi) is 8.04. The number of carbonyl (C=O) groups excluding carboxylic acids is 3. The van der Waals surface area contributed by atoms with Gasteiger partial charge >= 0.3 is 11.9 Å². The Morgan fingerprint density at radius 2 is 1.70 bits per heavy atom. The van der Waals surface area contributed by atoms with E-state index in [4.69, 9.17) is 9.47 Å². The second-order valence-corrected chi connectivity index (χ2v) is 8.42. The molecule has 2 aromatic rings. The van der Waals surface area contributed by atoms with E-state index in [2.05, 4.69) is 13.8 Å². The van der Waals surface area contributed by atoms with Crippen LogP contribution >= 0.6 is 0 Å². The molecule has 1 aliphatic rings. The van der Waals surface area contributed by atoms with Gasteiger partial charge in [0.1, 0.15) is 13.2 Å². The minimum Gasteiger partial charge on any atom is -0.465 e. The summed E-state index contributed by atoms with van der Waals surface area (Å²) in [4.78, 5) is 39.7. The predicted octanol–water partition coefficient (Wildman–Crippen LogP) is 4.71. The second kappa shape index (κ2) is 10.9. The fraction of sp³-hybridized carbons (Fsp3) is 0.370. The van der Waals surface area contributed by atoms with Gasteiger partial charge in [0.05, 0.1) is 12.2 Å². The molecule has 0 N–H and O–H groups in total. The summed E-state index contributed by atoms with van der Waals surface area (Å²) in [5, 5.41) is 0. The molecule has 1 amide bonds. The van der Waals surface area contributed by atoms with E-state index in [1.54, 1.807) is 13.8 Å². The highest BCUT2D eigenvalue weighted by atomic mass is 16.5. The quantitative estimate of drug-likeness (QED) is 0.546. The first-order valence-corrected chi connectivity index (χ1v) is 11.3. The van der Waals surface area contributed by atoms with Gasteiger partial charge in [-0.15, -0.1) is 0 Å². The van der Waals surface area contributed by atoms with Gasteiger partial charge in [-0.3, -0.25) is 9.59 Å². The standard InChI is InChI=1S/C27H31NO5/c1-5-32-25(30)16-28-19(4)26(27(31)33-17-20-9-7-6-8-10-20)23(15-24(28)29)22-13-11-21(12-14-22)18(2)3/h6-14,18,23H,5,15-17H2,1-4H3. The van der Waals surface area contributed by atoms with Crippen LogP contribution in [0, 0.1) is 0 Å². The molecule has 3 rings (SSSR count). The summed E-state index contributed by atoms with van der Waals surface area (Å²) in [6, 6.07) is 17.4. The smallest absolute Gasteiger partial charge is 0.336 e. The van der Waals surface area contributed by atoms with E-state index in [0.717, 1.165) is 11.1 Å². The Morgan fingerprint density at radius 3 is 2.30 bits per heavy atom. The molecule has 1 heterocycles. The molecule has 1 unspecified atom stereocenters. The minimum absolute atomic E-state index is 0.0769. The number of hydrogen-bond donors (Lipinski definition) is 0. The summed E-state index contributed by atoms with van der Waals surface area (Å²) in [6.07, 6.45) is 0.0769. The Labute approximate surface area is 195 Å². The predicted molar refractivity (Wildman–Crippen MR) is 125 cm³/mol. The first-order chi connectivity index (χ1) is 15.8. The Hall–Kier alpha value is -3.41. The van der Waals surface area contributed by atoms with Crippen LogP contribution in [0.15, 0.2) is 65.9 Å². The van der Waals surface area contributed by atoms with Crippen LogP contribution in [0.5, 0.6) is 0 Å². The Balaban J connectivity index is 1.94. The topological polar surface area (TPSA) is 72.9 Å². The molecule has 0 radical (unpaired) electrons. The van der Waals surface area contributed by atoms with E-state index in [9.17, 15) is 14.4 Å². The maximum absolute atomic E-state index is 13.3. The van der Waals surface area contributed by atoms with E-state index < -0.39 is 17.9 Å². The maximum atomic E-state index is 13.3. The molecule has 0 bridgehead atoms. The summed E-state index contributed by atoms with van der Waals surface area (Å²) >= 11 is 0. The van der Waals surface area contributed by atoms with Gasteiger partial charge in [-0.05, 0) is 36.5 Å². The number of hydrogen-bond acceptors (Lipinski definition) is 5. The third-order valence-corrected chi connectivity index (χ3v) is 5.85. The average molecular weight is 450 g/mol. The van der Waals surface area contributed by atoms with Crippen molar-refractivity contribution >= 4 is 17.8 Å². The zero-order valence-electron chi connectivity index (χ0n) is 19.7. The number of carbonyl (C=O) groups is 3. The zero-order chi connectivity index (χ0) is 24.0. The highest BCUT2D eigenvalue weighted by Crippen LogP contribution is 2.37. The van der Waals surface area contributed by atoms with Crippen LogP contribution in [0.2, 0.25) is 0 Å². The first-order valence-electron chi connectivity index (χ1n) is 11.3. The van der Waals surface area contributed by atoms with Crippen LogP contribution in [0.1, 0.15) is 62.6 Å². The molecule has 0 aromatic heterocycles. The number of esters is 2. The lowest BCUT2D eigenvalue weighted by molar-refractivity contribution is -0.149. The highest BCUT2D eigenvalue weighted by Gasteiger charge is 2.37. The molecule has 174 valence electrons. The average Bonchev–Trinajstić information content (AvgIpc) is 2.80. The Morgan fingerprint density at radius 1 is 1.03 bits per heavy atom. The summed E-state index contributed by atoms with van der Waals surface area (Å²) < 4.78 is 10.7. The van der Waals surface area contributed by atoms with Gasteiger partial charge in [0.2, 0.25) is 5.91 Å². The van der Waals surface area contributed by atoms with Crippen LogP contribution in [-0.2, 0) is 30.5 Å². The van der Waals surface area contributed by atoms with Gasteiger partial charge in [0.15, 0.2) is 0 Å². The molecule has 0 fully saturated rings. The van der Waals surface area contributed by atoms with Gasteiger partial charge in [0.25, 0.3) is 0 Å². The van der Waals surface area contributed by atoms with Gasteiger partial charge in [-0.25, -0.2) is 4.79 Å². The van der Waals surface area contributed by atoms with Crippen LogP contribution < -0.4 is 0 Å². The van der Waals surface area contributed by atoms with Crippen molar-refractivity contribution in [2.24, 2.45) is 0 Å². The summed E-state index contributed by atoms with van der Waals surface area (Å²) in [7, 11) is 0. The second-order valence-electron chi connectivity index (χ2n) is 8.42. The third kappa shape index (κ3) is 5.89. The van der Waals surface area contributed by atoms with E-state index in [0.29, 0.717) is 17.2 Å². The van der Waals surface area contributed by atoms with Crippen molar-refractivity contribution in [1.82, 2.24) is 4.90 Å². The molecular formula is C27H31NO5. The van der Waals surface area contributed by atoms with E-state index >= 15 is 0 Å². The van der Waals surface area contributed by atoms with E-state index in [-0.39, 0.29) is 32.1 Å². The largest absolute Gasteiger partial charge is 0.465 e. The van der Waals surface area contributed by atoms with Crippen molar-refractivity contribution in [2.45, 2.75) is 52.6 Å². The highest BCUT2D eigenvalue weighted by molar-refractivity contribution is 5.96. The molecule has 0 spiro atoms. The van der Waals surface area contributed by atoms with Crippen LogP contribution in [0.25, 0.3) is 0 Å². The Bertz CT molecular complexity index is 1020. The maximum Gasteiger partial charge on any atom is 0.336 e. The van der Waals surface area contributed by atoms with Crippen LogP contribution in [0.4, 0.5) is 0 Å². The fourth-order valence-electron chi connectivity index (χ4n) is 4.00. The van der Waals surface area contributed by atoms with E-state index in [1.165, 1.54) is 10.5 Å². The van der Waals surface area contributed by atoms with Crippen LogP contribution in [-0.4, -0.2) is 35.9 Å². The van der Waals surface area contributed by atoms with E-state index in [1.807, 2.05) is 54.6 Å². The molecule has 0 saturated carbocycles. The van der Waals surface area contributed by atoms with Gasteiger partial charge in [-0.2, -0.15) is 0 Å². The normalized spacial score (nSPS) is 16.2. The summed E-state index contributed by atoms with van der Waals surface area (Å²) in [6.45, 7) is 7.74. The first kappa shape index (κ1) is 24.2. The minimum atomic E-state index is -0.512. The van der Waals surface area contributed by atoms with Crippen LogP contribution in [0.3, 0.4) is 0 Å². The molecular weight excluding hydrogens is 418 g/mol. The van der Waals surface area contributed by atoms with Gasteiger partial charge in [0, 0.05) is 18.0 Å². The van der Waals surface area contributed by atoms with Gasteiger partial charge < -0.3 is 14.4 Å². The number of allylic oxidation sites excluding steroid dienone is 1. The van der Waals surface area contributed by atoms with Gasteiger partial charge in [-0.1, -0.05) is 68.4 Å². The number of amides is 1. The lowest BCUT2D eigenvalue weighted by Gasteiger charge is -2.34. The molecule has 2 aromatic carbocycles. The third-order valence-electron chi connectivity index (χ3n) is 5.85. The van der Waals surface area contributed by atoms with Crippen molar-refractivity contribution in [3.05, 3.63) is 82.6 Å². The molecule has 33 heavy (non-hydrogen) atoms. The van der Waals surface area contributed by atoms with Crippen molar-refractivity contribution in [3.63, 3.8) is 0 Å². The fourth-order valence-corrected chi connectivity index (χ4v) is 4.00. The monoisotopic (exact) mass is 449 g/mol. The molecule has 0 aliphatic carbocycles. The summed E-state index contributed by atoms with van der Waals surface area (Å²) in [5.41, 5.74) is 3.74. The summed E-state index contributed by atoms with van der Waals surface area (Å²) in [5.74, 6) is -1.30. The van der Waals surface area contributed by atoms with Crippen molar-refractivity contribution in [3.8, 4) is 0 Å². The zero-order valence-corrected chi connectivity index (χ0v) is 19.7. The number of rotatable bonds is 8.